The monoisotopic (exact) mass is 406 g/mol. The van der Waals surface area contributed by atoms with Gasteiger partial charge >= 0.3 is 6.29 Å². The molecule has 0 aliphatic carbocycles. The van der Waals surface area contributed by atoms with E-state index in [1.807, 2.05) is 0 Å². The molecule has 4 rings (SSSR count). The second-order valence-electron chi connectivity index (χ2n) is 6.20. The molecule has 1 aliphatic rings. The molecule has 0 spiro atoms. The number of anilines is 1. The summed E-state index contributed by atoms with van der Waals surface area (Å²) in [6.07, 6.45) is -2.27. The smallest absolute Gasteiger partial charge is 0.456 e. The van der Waals surface area contributed by atoms with E-state index < -0.39 is 12.2 Å². The number of hydrogen-bond donors (Lipinski definition) is 1. The van der Waals surface area contributed by atoms with Crippen LogP contribution in [0.25, 0.3) is 11.1 Å². The minimum absolute atomic E-state index is 0.120. The standard InChI is InChI=1S/C19H13ClF2N2O4/c1-9-5-10(2)26-17(9)18(25)24-16-4-3-11(8-23-16)12-6-14-15(7-13(12)20)28-19(21,22)27-14/h3-8H,1-2H3,(H,23,24,25). The van der Waals surface area contributed by atoms with Crippen molar-refractivity contribution >= 4 is 23.3 Å². The van der Waals surface area contributed by atoms with Crippen LogP contribution >= 0.6 is 11.6 Å². The van der Waals surface area contributed by atoms with E-state index in [9.17, 15) is 13.6 Å². The summed E-state index contributed by atoms with van der Waals surface area (Å²) in [6, 6.07) is 7.57. The molecule has 0 radical (unpaired) electrons. The van der Waals surface area contributed by atoms with Gasteiger partial charge in [0.15, 0.2) is 17.3 Å². The van der Waals surface area contributed by atoms with Gasteiger partial charge in [0.1, 0.15) is 11.6 Å². The topological polar surface area (TPSA) is 73.6 Å². The van der Waals surface area contributed by atoms with Gasteiger partial charge in [0.05, 0.1) is 5.02 Å². The van der Waals surface area contributed by atoms with Crippen LogP contribution in [-0.4, -0.2) is 17.2 Å². The van der Waals surface area contributed by atoms with Crippen LogP contribution in [0, 0.1) is 13.8 Å². The number of rotatable bonds is 3. The van der Waals surface area contributed by atoms with Crippen LogP contribution in [0.15, 0.2) is 40.9 Å². The van der Waals surface area contributed by atoms with Crippen molar-refractivity contribution in [2.45, 2.75) is 20.1 Å². The molecule has 144 valence electrons. The number of benzene rings is 1. The number of amides is 1. The Kier molecular flexibility index (Phi) is 4.23. The van der Waals surface area contributed by atoms with Crippen molar-refractivity contribution in [3.05, 3.63) is 58.6 Å². The minimum atomic E-state index is -3.72. The second-order valence-corrected chi connectivity index (χ2v) is 6.61. The van der Waals surface area contributed by atoms with E-state index in [4.69, 9.17) is 16.0 Å². The molecule has 6 nitrogen and oxygen atoms in total. The number of furan rings is 1. The highest BCUT2D eigenvalue weighted by Gasteiger charge is 2.43. The lowest BCUT2D eigenvalue weighted by atomic mass is 10.1. The third-order valence-corrected chi connectivity index (χ3v) is 4.37. The first-order valence-corrected chi connectivity index (χ1v) is 8.54. The number of nitrogens with zero attached hydrogens (tertiary/aromatic N) is 1. The maximum absolute atomic E-state index is 13.2. The number of ether oxygens (including phenoxy) is 2. The number of aryl methyl sites for hydroxylation is 2. The largest absolute Gasteiger partial charge is 0.586 e. The maximum Gasteiger partial charge on any atom is 0.586 e. The fourth-order valence-electron chi connectivity index (χ4n) is 2.86. The SMILES string of the molecule is Cc1cc(C)c(C(=O)Nc2ccc(-c3cc4c(cc3Cl)OC(F)(F)O4)cn2)o1. The Morgan fingerprint density at radius 2 is 1.86 bits per heavy atom. The molecule has 28 heavy (non-hydrogen) atoms. The Balaban J connectivity index is 1.56. The summed E-state index contributed by atoms with van der Waals surface area (Å²) in [5.74, 6) is 0.460. The van der Waals surface area contributed by atoms with E-state index in [1.165, 1.54) is 18.3 Å². The molecular formula is C19H13ClF2N2O4. The zero-order valence-electron chi connectivity index (χ0n) is 14.7. The van der Waals surface area contributed by atoms with Gasteiger partial charge in [0, 0.05) is 29.0 Å². The first-order valence-electron chi connectivity index (χ1n) is 8.16. The highest BCUT2D eigenvalue weighted by Crippen LogP contribution is 2.46. The molecule has 0 atom stereocenters. The number of fused-ring (bicyclic) bond motifs is 1. The van der Waals surface area contributed by atoms with Gasteiger partial charge in [0.2, 0.25) is 0 Å². The summed E-state index contributed by atoms with van der Waals surface area (Å²) in [5.41, 5.74) is 1.70. The number of nitrogens with one attached hydrogen (secondary N) is 1. The van der Waals surface area contributed by atoms with Crippen LogP contribution in [0.5, 0.6) is 11.5 Å². The fraction of sp³-hybridized carbons (Fsp3) is 0.158. The Morgan fingerprint density at radius 1 is 1.14 bits per heavy atom. The molecule has 0 fully saturated rings. The molecule has 1 N–H and O–H groups in total. The lowest BCUT2D eigenvalue weighted by Gasteiger charge is -2.08. The van der Waals surface area contributed by atoms with Crippen LogP contribution < -0.4 is 14.8 Å². The number of alkyl halides is 2. The number of aromatic nitrogens is 1. The summed E-state index contributed by atoms with van der Waals surface area (Å²) in [5, 5.41) is 2.83. The minimum Gasteiger partial charge on any atom is -0.456 e. The molecular weight excluding hydrogens is 394 g/mol. The number of pyridine rings is 1. The maximum atomic E-state index is 13.2. The first-order chi connectivity index (χ1) is 13.2. The molecule has 9 heteroatoms. The van der Waals surface area contributed by atoms with Crippen LogP contribution in [0.1, 0.15) is 21.9 Å². The Bertz CT molecular complexity index is 1080. The van der Waals surface area contributed by atoms with Gasteiger partial charge in [-0.2, -0.15) is 0 Å². The van der Waals surface area contributed by atoms with Crippen molar-refractivity contribution in [3.8, 4) is 22.6 Å². The van der Waals surface area contributed by atoms with Gasteiger partial charge < -0.3 is 19.2 Å². The van der Waals surface area contributed by atoms with E-state index in [-0.39, 0.29) is 22.3 Å². The van der Waals surface area contributed by atoms with E-state index in [0.29, 0.717) is 22.7 Å². The fourth-order valence-corrected chi connectivity index (χ4v) is 3.12. The summed E-state index contributed by atoms with van der Waals surface area (Å²) in [4.78, 5) is 16.4. The van der Waals surface area contributed by atoms with Gasteiger partial charge in [-0.15, -0.1) is 8.78 Å². The molecule has 0 saturated heterocycles. The van der Waals surface area contributed by atoms with Crippen molar-refractivity contribution < 1.29 is 27.5 Å². The summed E-state index contributed by atoms with van der Waals surface area (Å²) < 4.78 is 40.6. The number of carbonyl (C=O) groups is 1. The third-order valence-electron chi connectivity index (χ3n) is 4.05. The number of hydrogen-bond acceptors (Lipinski definition) is 5. The van der Waals surface area contributed by atoms with Gasteiger partial charge in [-0.3, -0.25) is 4.79 Å². The zero-order valence-corrected chi connectivity index (χ0v) is 15.4. The van der Waals surface area contributed by atoms with Crippen LogP contribution in [0.4, 0.5) is 14.6 Å². The van der Waals surface area contributed by atoms with Crippen molar-refractivity contribution in [2.24, 2.45) is 0 Å². The molecule has 2 aromatic heterocycles. The molecule has 0 saturated carbocycles. The van der Waals surface area contributed by atoms with Crippen molar-refractivity contribution in [1.82, 2.24) is 4.98 Å². The van der Waals surface area contributed by atoms with Gasteiger partial charge in [-0.05, 0) is 38.1 Å². The Labute approximate surface area is 163 Å². The van der Waals surface area contributed by atoms with Crippen LogP contribution in [0.2, 0.25) is 5.02 Å². The number of halogens is 3. The normalized spacial score (nSPS) is 14.2. The predicted octanol–water partition coefficient (Wildman–Crippen LogP) is 5.19. The molecule has 3 aromatic rings. The zero-order chi connectivity index (χ0) is 20.1. The van der Waals surface area contributed by atoms with E-state index in [1.54, 1.807) is 32.0 Å². The quantitative estimate of drug-likeness (QED) is 0.648. The Morgan fingerprint density at radius 3 is 2.46 bits per heavy atom. The van der Waals surface area contributed by atoms with Gasteiger partial charge in [0.25, 0.3) is 5.91 Å². The average molecular weight is 407 g/mol. The van der Waals surface area contributed by atoms with E-state index in [2.05, 4.69) is 19.8 Å². The van der Waals surface area contributed by atoms with Crippen molar-refractivity contribution in [2.75, 3.05) is 5.32 Å². The summed E-state index contributed by atoms with van der Waals surface area (Å²) >= 11 is 6.17. The second kappa shape index (κ2) is 6.49. The molecule has 0 unspecified atom stereocenters. The lowest BCUT2D eigenvalue weighted by Crippen LogP contribution is -2.25. The predicted molar refractivity (Wildman–Crippen MR) is 97.0 cm³/mol. The van der Waals surface area contributed by atoms with Crippen molar-refractivity contribution in [1.29, 1.82) is 0 Å². The van der Waals surface area contributed by atoms with Gasteiger partial charge in [-0.25, -0.2) is 4.98 Å². The lowest BCUT2D eigenvalue weighted by molar-refractivity contribution is -0.286. The molecule has 3 heterocycles. The molecule has 0 bridgehead atoms. The van der Waals surface area contributed by atoms with Crippen LogP contribution in [0.3, 0.4) is 0 Å². The third kappa shape index (κ3) is 3.38. The summed E-state index contributed by atoms with van der Waals surface area (Å²) in [6.45, 7) is 3.52. The van der Waals surface area contributed by atoms with Crippen LogP contribution in [-0.2, 0) is 0 Å². The average Bonchev–Trinajstić information content (AvgIpc) is 3.11. The molecule has 1 aliphatic heterocycles. The van der Waals surface area contributed by atoms with E-state index >= 15 is 0 Å². The molecule has 1 aromatic carbocycles. The van der Waals surface area contributed by atoms with Crippen molar-refractivity contribution in [3.63, 3.8) is 0 Å². The van der Waals surface area contributed by atoms with Gasteiger partial charge in [-0.1, -0.05) is 11.6 Å². The first kappa shape index (κ1) is 18.2. The Hall–Kier alpha value is -3.13. The highest BCUT2D eigenvalue weighted by molar-refractivity contribution is 6.33. The van der Waals surface area contributed by atoms with E-state index in [0.717, 1.165) is 5.56 Å². The molecule has 1 amide bonds. The number of carbonyl (C=O) groups excluding carboxylic acids is 1. The highest BCUT2D eigenvalue weighted by atomic mass is 35.5. The summed E-state index contributed by atoms with van der Waals surface area (Å²) in [7, 11) is 0.